The van der Waals surface area contributed by atoms with Crippen LogP contribution >= 0.6 is 15.9 Å². The zero-order valence-corrected chi connectivity index (χ0v) is 7.16. The molecule has 3 heteroatoms. The first kappa shape index (κ1) is 7.48. The fourth-order valence-electron chi connectivity index (χ4n) is 0.551. The Morgan fingerprint density at radius 1 is 1.89 bits per heavy atom. The molecule has 0 amide bonds. The number of hydrogen-bond acceptors (Lipinski definition) is 1. The molecule has 0 spiro atoms. The molecule has 0 bridgehead atoms. The van der Waals surface area contributed by atoms with E-state index in [4.69, 9.17) is 4.74 Å². The van der Waals surface area contributed by atoms with Crippen LogP contribution in [0.3, 0.4) is 0 Å². The molecule has 0 aliphatic carbocycles. The van der Waals surface area contributed by atoms with Crippen molar-refractivity contribution >= 4 is 15.9 Å². The van der Waals surface area contributed by atoms with Gasteiger partial charge in [0.1, 0.15) is 11.3 Å². The van der Waals surface area contributed by atoms with Crippen LogP contribution in [-0.2, 0) is 4.74 Å². The molecule has 0 saturated carbocycles. The van der Waals surface area contributed by atoms with E-state index < -0.39 is 11.3 Å². The summed E-state index contributed by atoms with van der Waals surface area (Å²) >= 11 is 3.09. The van der Waals surface area contributed by atoms with E-state index in [-0.39, 0.29) is 0 Å². The van der Waals surface area contributed by atoms with Gasteiger partial charge in [0.05, 0.1) is 6.61 Å². The molecule has 0 aromatic rings. The van der Waals surface area contributed by atoms with Crippen molar-refractivity contribution in [3.8, 4) is 0 Å². The zero-order valence-electron chi connectivity index (χ0n) is 5.58. The molecule has 1 nitrogen and oxygen atoms in total. The zero-order chi connectivity index (χ0) is 7.12. The van der Waals surface area contributed by atoms with Gasteiger partial charge >= 0.3 is 0 Å². The van der Waals surface area contributed by atoms with Crippen LogP contribution < -0.4 is 0 Å². The van der Waals surface area contributed by atoms with E-state index >= 15 is 0 Å². The van der Waals surface area contributed by atoms with Gasteiger partial charge < -0.3 is 4.74 Å². The lowest BCUT2D eigenvalue weighted by atomic mass is 9.96. The van der Waals surface area contributed by atoms with Gasteiger partial charge in [0.15, 0.2) is 0 Å². The Kier molecular flexibility index (Phi) is 1.60. The van der Waals surface area contributed by atoms with Gasteiger partial charge in [-0.3, -0.25) is 0 Å². The lowest BCUT2D eigenvalue weighted by molar-refractivity contribution is 0.0997. The Balaban J connectivity index is 2.58. The summed E-state index contributed by atoms with van der Waals surface area (Å²) in [6.45, 7) is 3.88. The third kappa shape index (κ3) is 1.13. The molecule has 9 heavy (non-hydrogen) atoms. The molecule has 0 N–H and O–H groups in total. The standard InChI is InChI=1S/C6H10BrFO/c1-5(8,3-7)6(2)4-9-6/h3-4H2,1-2H3. The Morgan fingerprint density at radius 3 is 2.44 bits per heavy atom. The highest BCUT2D eigenvalue weighted by Crippen LogP contribution is 2.41. The van der Waals surface area contributed by atoms with Crippen molar-refractivity contribution in [2.24, 2.45) is 0 Å². The molecule has 1 rings (SSSR count). The maximum atomic E-state index is 13.2. The van der Waals surface area contributed by atoms with Crippen LogP contribution in [0.25, 0.3) is 0 Å². The number of halogens is 2. The number of ether oxygens (including phenoxy) is 1. The maximum absolute atomic E-state index is 13.2. The first-order chi connectivity index (χ1) is 4.02. The van der Waals surface area contributed by atoms with E-state index in [9.17, 15) is 4.39 Å². The van der Waals surface area contributed by atoms with Crippen LogP contribution in [0.5, 0.6) is 0 Å². The third-order valence-corrected chi connectivity index (χ3v) is 2.98. The quantitative estimate of drug-likeness (QED) is 0.486. The predicted octanol–water partition coefficient (Wildman–Crippen LogP) is 1.90. The van der Waals surface area contributed by atoms with E-state index in [0.717, 1.165) is 0 Å². The van der Waals surface area contributed by atoms with Gasteiger partial charge in [-0.1, -0.05) is 15.9 Å². The number of rotatable bonds is 2. The molecule has 1 aliphatic heterocycles. The van der Waals surface area contributed by atoms with Gasteiger partial charge in [-0.25, -0.2) is 4.39 Å². The number of hydrogen-bond donors (Lipinski definition) is 0. The van der Waals surface area contributed by atoms with Gasteiger partial charge in [-0.15, -0.1) is 0 Å². The molecule has 1 fully saturated rings. The summed E-state index contributed by atoms with van der Waals surface area (Å²) < 4.78 is 18.2. The molecule has 1 heterocycles. The first-order valence-electron chi connectivity index (χ1n) is 2.91. The largest absolute Gasteiger partial charge is 0.366 e. The summed E-state index contributed by atoms with van der Waals surface area (Å²) in [6.07, 6.45) is 0. The summed E-state index contributed by atoms with van der Waals surface area (Å²) in [5.74, 6) is 0. The summed E-state index contributed by atoms with van der Waals surface area (Å²) in [7, 11) is 0. The van der Waals surface area contributed by atoms with Crippen LogP contribution in [-0.4, -0.2) is 23.2 Å². The highest BCUT2D eigenvalue weighted by atomic mass is 79.9. The fraction of sp³-hybridized carbons (Fsp3) is 1.00. The van der Waals surface area contributed by atoms with E-state index in [0.29, 0.717) is 11.9 Å². The Bertz CT molecular complexity index is 120. The van der Waals surface area contributed by atoms with E-state index in [1.807, 2.05) is 0 Å². The molecular formula is C6H10BrFO. The van der Waals surface area contributed by atoms with E-state index in [1.165, 1.54) is 0 Å². The van der Waals surface area contributed by atoms with Crippen LogP contribution in [0.1, 0.15) is 13.8 Å². The van der Waals surface area contributed by atoms with Crippen LogP contribution in [0.2, 0.25) is 0 Å². The molecule has 1 saturated heterocycles. The third-order valence-electron chi connectivity index (χ3n) is 1.93. The van der Waals surface area contributed by atoms with Crippen molar-refractivity contribution < 1.29 is 9.13 Å². The minimum absolute atomic E-state index is 0.344. The normalized spacial score (nSPS) is 40.0. The average Bonchev–Trinajstić information content (AvgIpc) is 2.49. The average molecular weight is 197 g/mol. The summed E-state index contributed by atoms with van der Waals surface area (Å²) in [5, 5.41) is 0.344. The topological polar surface area (TPSA) is 12.5 Å². The number of epoxide rings is 1. The summed E-state index contributed by atoms with van der Waals surface area (Å²) in [4.78, 5) is 0. The second-order valence-electron chi connectivity index (χ2n) is 2.85. The minimum atomic E-state index is -1.22. The van der Waals surface area contributed by atoms with Crippen LogP contribution in [0, 0.1) is 0 Å². The van der Waals surface area contributed by atoms with Crippen molar-refractivity contribution in [2.75, 3.05) is 11.9 Å². The first-order valence-corrected chi connectivity index (χ1v) is 4.03. The second-order valence-corrected chi connectivity index (χ2v) is 3.41. The lowest BCUT2D eigenvalue weighted by Gasteiger charge is -2.21. The fourth-order valence-corrected chi connectivity index (χ4v) is 1.14. The van der Waals surface area contributed by atoms with Gasteiger partial charge in [0.25, 0.3) is 0 Å². The Hall–Kier alpha value is 0.370. The minimum Gasteiger partial charge on any atom is -0.366 e. The highest BCUT2D eigenvalue weighted by molar-refractivity contribution is 9.09. The Labute approximate surface area is 62.7 Å². The smallest absolute Gasteiger partial charge is 0.148 e. The molecular weight excluding hydrogens is 187 g/mol. The Morgan fingerprint density at radius 2 is 2.33 bits per heavy atom. The SMILES string of the molecule is CC(F)(CBr)C1(C)CO1. The molecule has 0 radical (unpaired) electrons. The van der Waals surface area contributed by atoms with Crippen molar-refractivity contribution in [1.82, 2.24) is 0 Å². The van der Waals surface area contributed by atoms with Gasteiger partial charge in [-0.05, 0) is 13.8 Å². The summed E-state index contributed by atoms with van der Waals surface area (Å²) in [6, 6.07) is 0. The van der Waals surface area contributed by atoms with Crippen LogP contribution in [0.15, 0.2) is 0 Å². The van der Waals surface area contributed by atoms with Gasteiger partial charge in [-0.2, -0.15) is 0 Å². The molecule has 2 atom stereocenters. The predicted molar refractivity (Wildman–Crippen MR) is 37.7 cm³/mol. The summed E-state index contributed by atoms with van der Waals surface area (Å²) in [5.41, 5.74) is -1.73. The molecule has 0 aromatic carbocycles. The van der Waals surface area contributed by atoms with Crippen molar-refractivity contribution in [2.45, 2.75) is 25.1 Å². The lowest BCUT2D eigenvalue weighted by Crippen LogP contribution is -2.37. The van der Waals surface area contributed by atoms with Crippen molar-refractivity contribution in [3.05, 3.63) is 0 Å². The van der Waals surface area contributed by atoms with E-state index in [1.54, 1.807) is 13.8 Å². The molecule has 2 unspecified atom stereocenters. The van der Waals surface area contributed by atoms with Gasteiger partial charge in [0.2, 0.25) is 0 Å². The molecule has 1 aliphatic rings. The van der Waals surface area contributed by atoms with Gasteiger partial charge in [0, 0.05) is 5.33 Å². The second kappa shape index (κ2) is 1.92. The maximum Gasteiger partial charge on any atom is 0.148 e. The molecule has 54 valence electrons. The van der Waals surface area contributed by atoms with E-state index in [2.05, 4.69) is 15.9 Å². The van der Waals surface area contributed by atoms with Crippen LogP contribution in [0.4, 0.5) is 4.39 Å². The van der Waals surface area contributed by atoms with Crippen molar-refractivity contribution in [3.63, 3.8) is 0 Å². The number of alkyl halides is 2. The molecule has 0 aromatic heterocycles. The monoisotopic (exact) mass is 196 g/mol. The highest BCUT2D eigenvalue weighted by Gasteiger charge is 2.55. The van der Waals surface area contributed by atoms with Crippen molar-refractivity contribution in [1.29, 1.82) is 0 Å².